The highest BCUT2D eigenvalue weighted by Crippen LogP contribution is 2.21. The molecule has 1 atom stereocenters. The first-order valence-electron chi connectivity index (χ1n) is 5.64. The molecule has 0 spiro atoms. The zero-order valence-corrected chi connectivity index (χ0v) is 10.3. The van der Waals surface area contributed by atoms with Gasteiger partial charge in [0.2, 0.25) is 0 Å². The number of carbonyl (C=O) groups is 1. The maximum Gasteiger partial charge on any atom is 0.335 e. The predicted octanol–water partition coefficient (Wildman–Crippen LogP) is 2.32. The molecule has 0 heterocycles. The summed E-state index contributed by atoms with van der Waals surface area (Å²) in [5.41, 5.74) is 2.79. The van der Waals surface area contributed by atoms with Gasteiger partial charge >= 0.3 is 5.97 Å². The van der Waals surface area contributed by atoms with Crippen LogP contribution in [-0.4, -0.2) is 23.8 Å². The summed E-state index contributed by atoms with van der Waals surface area (Å²) in [6.07, 6.45) is -0.939. The number of hydrogen-bond acceptors (Lipinski definition) is 3. The predicted molar refractivity (Wildman–Crippen MR) is 67.5 cm³/mol. The van der Waals surface area contributed by atoms with E-state index in [4.69, 9.17) is 4.74 Å². The van der Waals surface area contributed by atoms with Gasteiger partial charge in [0.1, 0.15) is 0 Å². The number of hydrogen-bond donors (Lipinski definition) is 1. The standard InChI is InChI=1S/C14H18O3/c1-4-17-14(16)13(15)9-11(3)12-8-6-5-7-10(12)2/h5-8,13,15H,3-4,9H2,1-2H3/t13-/m1/s1. The molecule has 1 aromatic rings. The number of esters is 1. The molecule has 92 valence electrons. The first-order chi connectivity index (χ1) is 8.06. The third-order valence-electron chi connectivity index (χ3n) is 2.52. The zero-order chi connectivity index (χ0) is 12.8. The SMILES string of the molecule is C=C(C[C@@H](O)C(=O)OCC)c1ccccc1C. The molecule has 17 heavy (non-hydrogen) atoms. The zero-order valence-electron chi connectivity index (χ0n) is 10.3. The molecule has 0 aliphatic carbocycles. The first-order valence-corrected chi connectivity index (χ1v) is 5.64. The normalized spacial score (nSPS) is 11.9. The van der Waals surface area contributed by atoms with Gasteiger partial charge in [-0.1, -0.05) is 30.8 Å². The second kappa shape index (κ2) is 6.21. The van der Waals surface area contributed by atoms with E-state index in [1.54, 1.807) is 6.92 Å². The Balaban J connectivity index is 2.67. The van der Waals surface area contributed by atoms with E-state index in [1.807, 2.05) is 31.2 Å². The van der Waals surface area contributed by atoms with Crippen molar-refractivity contribution in [2.45, 2.75) is 26.4 Å². The summed E-state index contributed by atoms with van der Waals surface area (Å²) in [6.45, 7) is 7.85. The molecule has 0 aliphatic heterocycles. The maximum atomic E-state index is 11.3. The van der Waals surface area contributed by atoms with Crippen LogP contribution >= 0.6 is 0 Å². The average Bonchev–Trinajstić information content (AvgIpc) is 2.29. The van der Waals surface area contributed by atoms with Crippen molar-refractivity contribution in [1.29, 1.82) is 0 Å². The van der Waals surface area contributed by atoms with Gasteiger partial charge in [0, 0.05) is 6.42 Å². The van der Waals surface area contributed by atoms with Gasteiger partial charge in [-0.2, -0.15) is 0 Å². The van der Waals surface area contributed by atoms with Gasteiger partial charge in [-0.05, 0) is 30.5 Å². The quantitative estimate of drug-likeness (QED) is 0.795. The Hall–Kier alpha value is -1.61. The summed E-state index contributed by atoms with van der Waals surface area (Å²) in [7, 11) is 0. The molecule has 0 unspecified atom stereocenters. The Morgan fingerprint density at radius 1 is 1.47 bits per heavy atom. The lowest BCUT2D eigenvalue weighted by Gasteiger charge is -2.13. The van der Waals surface area contributed by atoms with E-state index in [9.17, 15) is 9.90 Å². The van der Waals surface area contributed by atoms with Crippen LogP contribution in [0.15, 0.2) is 30.8 Å². The molecule has 0 aliphatic rings. The van der Waals surface area contributed by atoms with Crippen LogP contribution in [0, 0.1) is 6.92 Å². The summed E-state index contributed by atoms with van der Waals surface area (Å²) in [5.74, 6) is -0.595. The van der Waals surface area contributed by atoms with Crippen molar-refractivity contribution in [1.82, 2.24) is 0 Å². The fourth-order valence-corrected chi connectivity index (χ4v) is 1.63. The van der Waals surface area contributed by atoms with E-state index in [0.717, 1.165) is 16.7 Å². The molecule has 0 radical (unpaired) electrons. The molecule has 1 aromatic carbocycles. The smallest absolute Gasteiger partial charge is 0.335 e. The lowest BCUT2D eigenvalue weighted by Crippen LogP contribution is -2.23. The Morgan fingerprint density at radius 3 is 2.71 bits per heavy atom. The van der Waals surface area contributed by atoms with Gasteiger partial charge in [-0.15, -0.1) is 0 Å². The van der Waals surface area contributed by atoms with Gasteiger partial charge in [-0.3, -0.25) is 0 Å². The summed E-state index contributed by atoms with van der Waals surface area (Å²) in [4.78, 5) is 11.3. The van der Waals surface area contributed by atoms with Crippen LogP contribution in [0.5, 0.6) is 0 Å². The number of benzene rings is 1. The van der Waals surface area contributed by atoms with Crippen molar-refractivity contribution >= 4 is 11.5 Å². The molecule has 3 heteroatoms. The van der Waals surface area contributed by atoms with E-state index in [0.29, 0.717) is 0 Å². The summed E-state index contributed by atoms with van der Waals surface area (Å²) in [5, 5.41) is 9.64. The number of carbonyl (C=O) groups excluding carboxylic acids is 1. The average molecular weight is 234 g/mol. The van der Waals surface area contributed by atoms with Gasteiger partial charge in [0.25, 0.3) is 0 Å². The molecule has 0 bridgehead atoms. The number of ether oxygens (including phenoxy) is 1. The Labute approximate surface area is 102 Å². The lowest BCUT2D eigenvalue weighted by molar-refractivity contribution is -0.152. The molecule has 1 rings (SSSR count). The van der Waals surface area contributed by atoms with Gasteiger partial charge in [-0.25, -0.2) is 4.79 Å². The fraction of sp³-hybridized carbons (Fsp3) is 0.357. The number of aliphatic hydroxyl groups excluding tert-OH is 1. The van der Waals surface area contributed by atoms with Crippen LogP contribution in [0.3, 0.4) is 0 Å². The van der Waals surface area contributed by atoms with E-state index in [2.05, 4.69) is 6.58 Å². The molecule has 0 aromatic heterocycles. The molecule has 0 saturated heterocycles. The second-order valence-electron chi connectivity index (χ2n) is 3.89. The maximum absolute atomic E-state index is 11.3. The van der Waals surface area contributed by atoms with Crippen LogP contribution in [-0.2, 0) is 9.53 Å². The van der Waals surface area contributed by atoms with Crippen molar-refractivity contribution in [3.63, 3.8) is 0 Å². The van der Waals surface area contributed by atoms with E-state index in [-0.39, 0.29) is 13.0 Å². The third kappa shape index (κ3) is 3.71. The highest BCUT2D eigenvalue weighted by molar-refractivity contribution is 5.78. The van der Waals surface area contributed by atoms with Crippen LogP contribution < -0.4 is 0 Å². The molecule has 1 N–H and O–H groups in total. The second-order valence-corrected chi connectivity index (χ2v) is 3.89. The van der Waals surface area contributed by atoms with E-state index < -0.39 is 12.1 Å². The van der Waals surface area contributed by atoms with Crippen LogP contribution in [0.4, 0.5) is 0 Å². The van der Waals surface area contributed by atoms with Crippen molar-refractivity contribution in [3.05, 3.63) is 42.0 Å². The monoisotopic (exact) mass is 234 g/mol. The topological polar surface area (TPSA) is 46.5 Å². The molecule has 3 nitrogen and oxygen atoms in total. The molecule has 0 amide bonds. The Kier molecular flexibility index (Phi) is 4.91. The van der Waals surface area contributed by atoms with Crippen molar-refractivity contribution in [3.8, 4) is 0 Å². The first kappa shape index (κ1) is 13.5. The van der Waals surface area contributed by atoms with Crippen molar-refractivity contribution in [2.24, 2.45) is 0 Å². The van der Waals surface area contributed by atoms with Gasteiger partial charge in [0.15, 0.2) is 6.10 Å². The van der Waals surface area contributed by atoms with Gasteiger partial charge < -0.3 is 9.84 Å². The van der Waals surface area contributed by atoms with Gasteiger partial charge in [0.05, 0.1) is 6.61 Å². The van der Waals surface area contributed by atoms with Crippen LogP contribution in [0.25, 0.3) is 5.57 Å². The number of aryl methyl sites for hydroxylation is 1. The summed E-state index contributed by atoms with van der Waals surface area (Å²) < 4.78 is 4.74. The molecule has 0 saturated carbocycles. The Morgan fingerprint density at radius 2 is 2.12 bits per heavy atom. The molecule has 0 fully saturated rings. The fourth-order valence-electron chi connectivity index (χ4n) is 1.63. The van der Waals surface area contributed by atoms with Crippen molar-refractivity contribution in [2.75, 3.05) is 6.61 Å². The third-order valence-corrected chi connectivity index (χ3v) is 2.52. The highest BCUT2D eigenvalue weighted by atomic mass is 16.5. The lowest BCUT2D eigenvalue weighted by atomic mass is 9.97. The largest absolute Gasteiger partial charge is 0.464 e. The van der Waals surface area contributed by atoms with Crippen LogP contribution in [0.1, 0.15) is 24.5 Å². The molecular weight excluding hydrogens is 216 g/mol. The Bertz CT molecular complexity index is 410. The minimum absolute atomic E-state index is 0.198. The minimum Gasteiger partial charge on any atom is -0.464 e. The number of rotatable bonds is 5. The summed E-state index contributed by atoms with van der Waals surface area (Å²) in [6, 6.07) is 7.74. The molecular formula is C14H18O3. The van der Waals surface area contributed by atoms with Crippen molar-refractivity contribution < 1.29 is 14.6 Å². The minimum atomic E-state index is -1.14. The summed E-state index contributed by atoms with van der Waals surface area (Å²) >= 11 is 0. The van der Waals surface area contributed by atoms with Crippen LogP contribution in [0.2, 0.25) is 0 Å². The highest BCUT2D eigenvalue weighted by Gasteiger charge is 2.18. The van der Waals surface area contributed by atoms with E-state index in [1.165, 1.54) is 0 Å². The van der Waals surface area contributed by atoms with E-state index >= 15 is 0 Å². The number of aliphatic hydroxyl groups is 1.